The smallest absolute Gasteiger partial charge is 0.267 e. The molecule has 0 unspecified atom stereocenters. The number of rotatable bonds is 2. The lowest BCUT2D eigenvalue weighted by Gasteiger charge is -2.17. The second kappa shape index (κ2) is 5.80. The molecule has 0 bridgehead atoms. The molecule has 1 aliphatic carbocycles. The predicted molar refractivity (Wildman–Crippen MR) is 98.2 cm³/mol. The van der Waals surface area contributed by atoms with Gasteiger partial charge in [-0.3, -0.25) is 9.36 Å². The number of benzene rings is 1. The van der Waals surface area contributed by atoms with Gasteiger partial charge in [0.1, 0.15) is 4.83 Å². The van der Waals surface area contributed by atoms with E-state index in [4.69, 9.17) is 4.98 Å². The Hall–Kier alpha value is -1.59. The zero-order valence-corrected chi connectivity index (χ0v) is 14.8. The van der Waals surface area contributed by atoms with Gasteiger partial charge >= 0.3 is 0 Å². The molecule has 5 heteroatoms. The molecule has 1 aliphatic rings. The topological polar surface area (TPSA) is 34.9 Å². The number of hydrogen-bond acceptors (Lipinski definition) is 4. The first-order valence-corrected chi connectivity index (χ1v) is 9.90. The number of thiophene rings is 1. The van der Waals surface area contributed by atoms with Crippen molar-refractivity contribution in [2.24, 2.45) is 5.92 Å². The number of fused-ring (bicyclic) bond motifs is 3. The molecule has 1 aromatic carbocycles. The molecule has 3 aromatic rings. The molecule has 2 heterocycles. The first-order valence-electron chi connectivity index (χ1n) is 7.85. The van der Waals surface area contributed by atoms with Crippen LogP contribution < -0.4 is 5.56 Å². The van der Waals surface area contributed by atoms with Crippen LogP contribution in [-0.4, -0.2) is 15.8 Å². The number of nitrogens with zero attached hydrogens (tertiary/aromatic N) is 2. The maximum atomic E-state index is 13.2. The summed E-state index contributed by atoms with van der Waals surface area (Å²) in [6.07, 6.45) is 5.22. The van der Waals surface area contributed by atoms with Gasteiger partial charge in [0, 0.05) is 4.88 Å². The normalized spacial score (nSPS) is 17.4. The van der Waals surface area contributed by atoms with E-state index in [9.17, 15) is 4.79 Å². The highest BCUT2D eigenvalue weighted by atomic mass is 32.2. The lowest BCUT2D eigenvalue weighted by atomic mass is 9.89. The van der Waals surface area contributed by atoms with Gasteiger partial charge in [-0.05, 0) is 49.1 Å². The van der Waals surface area contributed by atoms with Crippen LogP contribution >= 0.6 is 23.1 Å². The summed E-state index contributed by atoms with van der Waals surface area (Å²) in [7, 11) is 0. The number of hydrogen-bond donors (Lipinski definition) is 0. The lowest BCUT2D eigenvalue weighted by Crippen LogP contribution is -2.22. The van der Waals surface area contributed by atoms with Gasteiger partial charge in [0.25, 0.3) is 5.56 Å². The molecule has 0 radical (unpaired) electrons. The molecular formula is C18H18N2OS2. The Labute approximate surface area is 143 Å². The number of para-hydroxylation sites is 1. The standard InChI is InChI=1S/C18H18N2OS2/c1-11-8-9-13-14(10-11)23-16-15(13)17(21)20(18(19-16)22-2)12-6-4-3-5-7-12/h3-7,11H,8-10H2,1-2H3/t11-/m1/s1. The SMILES string of the molecule is CSc1nc2sc3c(c2c(=O)n1-c1ccccc1)CC[C@@H](C)C3. The van der Waals surface area contributed by atoms with Gasteiger partial charge < -0.3 is 0 Å². The minimum absolute atomic E-state index is 0.0811. The van der Waals surface area contributed by atoms with Crippen molar-refractivity contribution in [2.75, 3.05) is 6.26 Å². The highest BCUT2D eigenvalue weighted by Gasteiger charge is 2.24. The molecule has 0 saturated carbocycles. The van der Waals surface area contributed by atoms with Crippen molar-refractivity contribution in [1.82, 2.24) is 9.55 Å². The molecule has 2 aromatic heterocycles. The van der Waals surface area contributed by atoms with Crippen molar-refractivity contribution in [3.63, 3.8) is 0 Å². The molecule has 0 spiro atoms. The van der Waals surface area contributed by atoms with Crippen molar-refractivity contribution in [1.29, 1.82) is 0 Å². The molecular weight excluding hydrogens is 324 g/mol. The van der Waals surface area contributed by atoms with Gasteiger partial charge in [0.15, 0.2) is 5.16 Å². The summed E-state index contributed by atoms with van der Waals surface area (Å²) in [5.74, 6) is 0.701. The molecule has 0 N–H and O–H groups in total. The zero-order valence-electron chi connectivity index (χ0n) is 13.2. The van der Waals surface area contributed by atoms with Crippen LogP contribution in [0.15, 0.2) is 40.3 Å². The molecule has 0 amide bonds. The van der Waals surface area contributed by atoms with Crippen LogP contribution in [0.5, 0.6) is 0 Å². The fourth-order valence-electron chi connectivity index (χ4n) is 3.31. The van der Waals surface area contributed by atoms with Gasteiger partial charge in [-0.25, -0.2) is 4.98 Å². The fraction of sp³-hybridized carbons (Fsp3) is 0.333. The van der Waals surface area contributed by atoms with E-state index in [1.54, 1.807) is 15.9 Å². The van der Waals surface area contributed by atoms with Crippen molar-refractivity contribution in [3.05, 3.63) is 51.1 Å². The second-order valence-corrected chi connectivity index (χ2v) is 7.96. The first-order chi connectivity index (χ1) is 11.2. The minimum atomic E-state index is 0.0811. The van der Waals surface area contributed by atoms with Crippen LogP contribution in [0.3, 0.4) is 0 Å². The van der Waals surface area contributed by atoms with Gasteiger partial charge in [-0.15, -0.1) is 11.3 Å². The number of aryl methyl sites for hydroxylation is 1. The van der Waals surface area contributed by atoms with Crippen LogP contribution in [0.25, 0.3) is 15.9 Å². The second-order valence-electron chi connectivity index (χ2n) is 6.11. The van der Waals surface area contributed by atoms with E-state index in [0.717, 1.165) is 40.3 Å². The van der Waals surface area contributed by atoms with Crippen LogP contribution in [0.1, 0.15) is 23.8 Å². The van der Waals surface area contributed by atoms with Crippen molar-refractivity contribution < 1.29 is 0 Å². The summed E-state index contributed by atoms with van der Waals surface area (Å²) in [4.78, 5) is 20.3. The Bertz CT molecular complexity index is 928. The molecule has 0 aliphatic heterocycles. The van der Waals surface area contributed by atoms with Crippen LogP contribution in [-0.2, 0) is 12.8 Å². The van der Waals surface area contributed by atoms with Crippen molar-refractivity contribution >= 4 is 33.3 Å². The van der Waals surface area contributed by atoms with Crippen molar-refractivity contribution in [2.45, 2.75) is 31.3 Å². The maximum Gasteiger partial charge on any atom is 0.267 e. The van der Waals surface area contributed by atoms with E-state index in [1.165, 1.54) is 22.2 Å². The maximum absolute atomic E-state index is 13.2. The van der Waals surface area contributed by atoms with E-state index >= 15 is 0 Å². The fourth-order valence-corrected chi connectivity index (χ4v) is 5.30. The highest BCUT2D eigenvalue weighted by molar-refractivity contribution is 7.98. The molecule has 3 nitrogen and oxygen atoms in total. The molecule has 0 saturated heterocycles. The summed E-state index contributed by atoms with van der Waals surface area (Å²) in [6.45, 7) is 2.29. The highest BCUT2D eigenvalue weighted by Crippen LogP contribution is 2.36. The average molecular weight is 342 g/mol. The first kappa shape index (κ1) is 15.0. The Morgan fingerprint density at radius 2 is 2.09 bits per heavy atom. The van der Waals surface area contributed by atoms with Crippen LogP contribution in [0.2, 0.25) is 0 Å². The van der Waals surface area contributed by atoms with E-state index in [1.807, 2.05) is 36.6 Å². The third-order valence-corrected chi connectivity index (χ3v) is 6.28. The Kier molecular flexibility index (Phi) is 3.77. The van der Waals surface area contributed by atoms with Crippen LogP contribution in [0, 0.1) is 5.92 Å². The molecule has 4 rings (SSSR count). The quantitative estimate of drug-likeness (QED) is 0.515. The molecule has 1 atom stereocenters. The minimum Gasteiger partial charge on any atom is -0.268 e. The van der Waals surface area contributed by atoms with E-state index in [-0.39, 0.29) is 5.56 Å². The van der Waals surface area contributed by atoms with Crippen LogP contribution in [0.4, 0.5) is 0 Å². The summed E-state index contributed by atoms with van der Waals surface area (Å²) in [5, 5.41) is 1.61. The third kappa shape index (κ3) is 2.42. The third-order valence-electron chi connectivity index (χ3n) is 4.50. The monoisotopic (exact) mass is 342 g/mol. The van der Waals surface area contributed by atoms with E-state index in [0.29, 0.717) is 5.92 Å². The van der Waals surface area contributed by atoms with Crippen molar-refractivity contribution in [3.8, 4) is 5.69 Å². The summed E-state index contributed by atoms with van der Waals surface area (Å²) >= 11 is 3.24. The Balaban J connectivity index is 2.04. The lowest BCUT2D eigenvalue weighted by molar-refractivity contribution is 0.509. The predicted octanol–water partition coefficient (Wildman–Crippen LogP) is 4.29. The van der Waals surface area contributed by atoms with Gasteiger partial charge in [-0.1, -0.05) is 36.9 Å². The summed E-state index contributed by atoms with van der Waals surface area (Å²) in [6, 6.07) is 9.82. The average Bonchev–Trinajstić information content (AvgIpc) is 2.92. The Morgan fingerprint density at radius 3 is 2.83 bits per heavy atom. The number of thioether (sulfide) groups is 1. The van der Waals surface area contributed by atoms with Gasteiger partial charge in [0.05, 0.1) is 11.1 Å². The Morgan fingerprint density at radius 1 is 1.30 bits per heavy atom. The number of aromatic nitrogens is 2. The molecule has 23 heavy (non-hydrogen) atoms. The summed E-state index contributed by atoms with van der Waals surface area (Å²) < 4.78 is 1.76. The van der Waals surface area contributed by atoms with Gasteiger partial charge in [0.2, 0.25) is 0 Å². The largest absolute Gasteiger partial charge is 0.268 e. The zero-order chi connectivity index (χ0) is 16.0. The van der Waals surface area contributed by atoms with Gasteiger partial charge in [-0.2, -0.15) is 0 Å². The van der Waals surface area contributed by atoms with E-state index < -0.39 is 0 Å². The summed E-state index contributed by atoms with van der Waals surface area (Å²) in [5.41, 5.74) is 2.22. The van der Waals surface area contributed by atoms with E-state index in [2.05, 4.69) is 6.92 Å². The molecule has 0 fully saturated rings. The molecule has 118 valence electrons.